The highest BCUT2D eigenvalue weighted by molar-refractivity contribution is 6.30. The van der Waals surface area contributed by atoms with Crippen LogP contribution in [-0.4, -0.2) is 28.9 Å². The number of benzene rings is 2. The van der Waals surface area contributed by atoms with E-state index in [-0.39, 0.29) is 13.2 Å². The molecule has 1 N–H and O–H groups in total. The van der Waals surface area contributed by atoms with E-state index in [1.165, 1.54) is 11.9 Å². The summed E-state index contributed by atoms with van der Waals surface area (Å²) in [5, 5.41) is 3.19. The molecular formula is C22H18ClF2N3O3. The average Bonchev–Trinajstić information content (AvgIpc) is 2.74. The number of anilines is 1. The first-order valence-corrected chi connectivity index (χ1v) is 9.53. The second kappa shape index (κ2) is 9.99. The van der Waals surface area contributed by atoms with Gasteiger partial charge in [0, 0.05) is 24.3 Å². The van der Waals surface area contributed by atoms with Crippen molar-refractivity contribution >= 4 is 29.3 Å². The van der Waals surface area contributed by atoms with Crippen LogP contribution in [0, 0.1) is 11.6 Å². The van der Waals surface area contributed by atoms with Crippen molar-refractivity contribution in [3.63, 3.8) is 0 Å². The zero-order valence-electron chi connectivity index (χ0n) is 16.4. The van der Waals surface area contributed by atoms with E-state index < -0.39 is 29.2 Å². The van der Waals surface area contributed by atoms with E-state index in [1.807, 2.05) is 0 Å². The maximum absolute atomic E-state index is 13.8. The molecule has 0 spiro atoms. The largest absolute Gasteiger partial charge is 0.444 e. The Bertz CT molecular complexity index is 1060. The minimum atomic E-state index is -1.02. The maximum Gasteiger partial charge on any atom is 0.411 e. The first kappa shape index (κ1) is 22.2. The van der Waals surface area contributed by atoms with Crippen molar-refractivity contribution in [1.82, 2.24) is 9.88 Å². The van der Waals surface area contributed by atoms with Crippen molar-refractivity contribution in [3.8, 4) is 0 Å². The molecular weight excluding hydrogens is 428 g/mol. The van der Waals surface area contributed by atoms with Gasteiger partial charge in [0.2, 0.25) is 0 Å². The minimum absolute atomic E-state index is 0.0934. The summed E-state index contributed by atoms with van der Waals surface area (Å²) in [6.07, 6.45) is 0.950. The fraction of sp³-hybridized carbons (Fsp3) is 0.136. The number of pyridine rings is 1. The highest BCUT2D eigenvalue weighted by Gasteiger charge is 2.21. The van der Waals surface area contributed by atoms with Crippen LogP contribution in [0.3, 0.4) is 0 Å². The van der Waals surface area contributed by atoms with Gasteiger partial charge in [-0.1, -0.05) is 35.9 Å². The third-order valence-electron chi connectivity index (χ3n) is 4.32. The lowest BCUT2D eigenvalue weighted by Gasteiger charge is -2.18. The third kappa shape index (κ3) is 5.99. The quantitative estimate of drug-likeness (QED) is 0.577. The molecule has 0 fully saturated rings. The Morgan fingerprint density at radius 3 is 2.19 bits per heavy atom. The van der Waals surface area contributed by atoms with Crippen LogP contribution >= 0.6 is 11.6 Å². The van der Waals surface area contributed by atoms with E-state index in [2.05, 4.69) is 10.3 Å². The smallest absolute Gasteiger partial charge is 0.411 e. The molecule has 0 saturated carbocycles. The van der Waals surface area contributed by atoms with E-state index in [1.54, 1.807) is 48.5 Å². The standard InChI is InChI=1S/C22H18ClF2N3O3/c1-28(21(29)20-18(24)10-26-11-19(20)25)12-14-4-8-17(9-5-14)27-22(30)31-13-15-2-6-16(23)7-3-15/h2-11H,12-13H2,1H3,(H,27,30). The Labute approximate surface area is 182 Å². The molecule has 3 aromatic rings. The number of halogens is 3. The van der Waals surface area contributed by atoms with Crippen molar-refractivity contribution in [1.29, 1.82) is 0 Å². The fourth-order valence-electron chi connectivity index (χ4n) is 2.73. The van der Waals surface area contributed by atoms with Crippen LogP contribution in [0.1, 0.15) is 21.5 Å². The summed E-state index contributed by atoms with van der Waals surface area (Å²) in [7, 11) is 1.43. The molecule has 0 atom stereocenters. The predicted octanol–water partition coefficient (Wildman–Crippen LogP) is 5.03. The van der Waals surface area contributed by atoms with Crippen LogP contribution in [0.4, 0.5) is 19.3 Å². The molecule has 2 amide bonds. The van der Waals surface area contributed by atoms with Crippen molar-refractivity contribution < 1.29 is 23.1 Å². The number of ether oxygens (including phenoxy) is 1. The van der Waals surface area contributed by atoms with Gasteiger partial charge in [0.1, 0.15) is 12.2 Å². The number of amides is 2. The molecule has 0 aliphatic carbocycles. The van der Waals surface area contributed by atoms with Gasteiger partial charge in [-0.25, -0.2) is 13.6 Å². The van der Waals surface area contributed by atoms with Gasteiger partial charge in [0.05, 0.1) is 12.4 Å². The normalized spacial score (nSPS) is 10.5. The van der Waals surface area contributed by atoms with Crippen molar-refractivity contribution in [3.05, 3.63) is 94.3 Å². The molecule has 0 unspecified atom stereocenters. The van der Waals surface area contributed by atoms with Crippen LogP contribution in [0.15, 0.2) is 60.9 Å². The molecule has 3 rings (SSSR count). The molecule has 6 nitrogen and oxygen atoms in total. The molecule has 0 radical (unpaired) electrons. The number of nitrogens with one attached hydrogen (secondary N) is 1. The van der Waals surface area contributed by atoms with Gasteiger partial charge >= 0.3 is 6.09 Å². The second-order valence-electron chi connectivity index (χ2n) is 6.66. The molecule has 0 bridgehead atoms. The highest BCUT2D eigenvalue weighted by atomic mass is 35.5. The lowest BCUT2D eigenvalue weighted by atomic mass is 10.1. The number of rotatable bonds is 6. The van der Waals surface area contributed by atoms with Gasteiger partial charge in [-0.3, -0.25) is 15.1 Å². The second-order valence-corrected chi connectivity index (χ2v) is 7.10. The number of hydrogen-bond acceptors (Lipinski definition) is 4. The first-order valence-electron chi connectivity index (χ1n) is 9.15. The van der Waals surface area contributed by atoms with Crippen LogP contribution in [0.5, 0.6) is 0 Å². The third-order valence-corrected chi connectivity index (χ3v) is 4.57. The summed E-state index contributed by atoms with van der Waals surface area (Å²) in [4.78, 5) is 28.8. The minimum Gasteiger partial charge on any atom is -0.444 e. The number of carbonyl (C=O) groups excluding carboxylic acids is 2. The van der Waals surface area contributed by atoms with Gasteiger partial charge in [0.25, 0.3) is 5.91 Å². The van der Waals surface area contributed by atoms with E-state index in [0.717, 1.165) is 18.0 Å². The van der Waals surface area contributed by atoms with Gasteiger partial charge < -0.3 is 9.64 Å². The molecule has 0 saturated heterocycles. The summed E-state index contributed by atoms with van der Waals surface area (Å²) in [6.45, 7) is 0.206. The zero-order valence-corrected chi connectivity index (χ0v) is 17.2. The highest BCUT2D eigenvalue weighted by Crippen LogP contribution is 2.16. The summed E-state index contributed by atoms with van der Waals surface area (Å²) in [5.74, 6) is -2.84. The topological polar surface area (TPSA) is 71.5 Å². The molecule has 2 aromatic carbocycles. The molecule has 1 aromatic heterocycles. The van der Waals surface area contributed by atoms with E-state index in [4.69, 9.17) is 16.3 Å². The maximum atomic E-state index is 13.8. The number of hydrogen-bond donors (Lipinski definition) is 1. The Balaban J connectivity index is 1.54. The Morgan fingerprint density at radius 2 is 1.58 bits per heavy atom. The van der Waals surface area contributed by atoms with Crippen molar-refractivity contribution in [2.24, 2.45) is 0 Å². The number of nitrogens with zero attached hydrogens (tertiary/aromatic N) is 2. The Kier molecular flexibility index (Phi) is 7.15. The van der Waals surface area contributed by atoms with Gasteiger partial charge in [0.15, 0.2) is 11.6 Å². The Hall–Kier alpha value is -3.52. The first-order chi connectivity index (χ1) is 14.8. The molecule has 0 aliphatic rings. The van der Waals surface area contributed by atoms with Crippen molar-refractivity contribution in [2.75, 3.05) is 12.4 Å². The lowest BCUT2D eigenvalue weighted by molar-refractivity contribution is 0.0775. The fourth-order valence-corrected chi connectivity index (χ4v) is 2.86. The van der Waals surface area contributed by atoms with Crippen molar-refractivity contribution in [2.45, 2.75) is 13.2 Å². The SMILES string of the molecule is CN(Cc1ccc(NC(=O)OCc2ccc(Cl)cc2)cc1)C(=O)c1c(F)cncc1F. The molecule has 9 heteroatoms. The zero-order chi connectivity index (χ0) is 22.4. The molecule has 31 heavy (non-hydrogen) atoms. The molecule has 160 valence electrons. The summed E-state index contributed by atoms with van der Waals surface area (Å²) in [6, 6.07) is 13.5. The van der Waals surface area contributed by atoms with Crippen LogP contribution in [-0.2, 0) is 17.9 Å². The monoisotopic (exact) mass is 445 g/mol. The van der Waals surface area contributed by atoms with E-state index in [9.17, 15) is 18.4 Å². The summed E-state index contributed by atoms with van der Waals surface area (Å²) >= 11 is 5.81. The van der Waals surface area contributed by atoms with Gasteiger partial charge in [-0.05, 0) is 35.4 Å². The van der Waals surface area contributed by atoms with Gasteiger partial charge in [-0.15, -0.1) is 0 Å². The average molecular weight is 446 g/mol. The van der Waals surface area contributed by atoms with Gasteiger partial charge in [-0.2, -0.15) is 0 Å². The number of carbonyl (C=O) groups is 2. The number of aromatic nitrogens is 1. The Morgan fingerprint density at radius 1 is 1.00 bits per heavy atom. The lowest BCUT2D eigenvalue weighted by Crippen LogP contribution is -2.28. The van der Waals surface area contributed by atoms with Crippen LogP contribution in [0.25, 0.3) is 0 Å². The predicted molar refractivity (Wildman–Crippen MR) is 112 cm³/mol. The summed E-state index contributed by atoms with van der Waals surface area (Å²) < 4.78 is 32.7. The molecule has 1 heterocycles. The van der Waals surface area contributed by atoms with Crippen LogP contribution in [0.2, 0.25) is 5.02 Å². The molecule has 0 aliphatic heterocycles. The van der Waals surface area contributed by atoms with E-state index in [0.29, 0.717) is 16.3 Å². The summed E-state index contributed by atoms with van der Waals surface area (Å²) in [5.41, 5.74) is 1.33. The van der Waals surface area contributed by atoms with E-state index >= 15 is 0 Å². The van der Waals surface area contributed by atoms with Crippen LogP contribution < -0.4 is 5.32 Å².